The van der Waals surface area contributed by atoms with E-state index in [9.17, 15) is 13.2 Å². The molecule has 1 atom stereocenters. The van der Waals surface area contributed by atoms with Gasteiger partial charge in [0.25, 0.3) is 0 Å². The molecule has 0 fully saturated rings. The minimum atomic E-state index is -4.34. The van der Waals surface area contributed by atoms with Gasteiger partial charge in [-0.2, -0.15) is 13.2 Å². The van der Waals surface area contributed by atoms with Gasteiger partial charge in [0.2, 0.25) is 6.61 Å². The van der Waals surface area contributed by atoms with Crippen LogP contribution in [0.1, 0.15) is 6.92 Å². The first-order chi connectivity index (χ1) is 4.92. The van der Waals surface area contributed by atoms with E-state index >= 15 is 0 Å². The third-order valence-electron chi connectivity index (χ3n) is 0.599. The highest BCUT2D eigenvalue weighted by atomic mass is 19.4. The summed E-state index contributed by atoms with van der Waals surface area (Å²) in [4.78, 5) is 3.87. The van der Waals surface area contributed by atoms with E-state index in [0.29, 0.717) is 0 Å². The van der Waals surface area contributed by atoms with E-state index < -0.39 is 18.8 Å². The summed E-state index contributed by atoms with van der Waals surface area (Å²) in [5.74, 6) is 0. The smallest absolute Gasteiger partial charge is 0.386 e. The van der Waals surface area contributed by atoms with Gasteiger partial charge in [-0.1, -0.05) is 5.16 Å². The first-order valence-corrected chi connectivity index (χ1v) is 2.89. The zero-order valence-corrected chi connectivity index (χ0v) is 5.93. The van der Waals surface area contributed by atoms with E-state index in [4.69, 9.17) is 5.73 Å². The lowest BCUT2D eigenvalue weighted by molar-refractivity contribution is -0.173. The van der Waals surface area contributed by atoms with E-state index in [1.807, 2.05) is 0 Å². The van der Waals surface area contributed by atoms with E-state index in [-0.39, 0.29) is 0 Å². The van der Waals surface area contributed by atoms with Crippen molar-refractivity contribution in [2.75, 3.05) is 6.61 Å². The molecule has 0 spiro atoms. The molecular weight excluding hydrogens is 161 g/mol. The van der Waals surface area contributed by atoms with Gasteiger partial charge in [0.15, 0.2) is 0 Å². The maximum Gasteiger partial charge on any atom is 0.425 e. The van der Waals surface area contributed by atoms with Crippen molar-refractivity contribution >= 4 is 6.21 Å². The molecule has 0 amide bonds. The molecule has 0 rings (SSSR count). The van der Waals surface area contributed by atoms with Crippen molar-refractivity contribution in [1.82, 2.24) is 0 Å². The van der Waals surface area contributed by atoms with Gasteiger partial charge >= 0.3 is 6.18 Å². The van der Waals surface area contributed by atoms with Crippen molar-refractivity contribution < 1.29 is 18.0 Å². The van der Waals surface area contributed by atoms with Crippen molar-refractivity contribution in [1.29, 1.82) is 0 Å². The summed E-state index contributed by atoms with van der Waals surface area (Å²) >= 11 is 0. The number of halogens is 3. The zero-order valence-electron chi connectivity index (χ0n) is 5.93. The fraction of sp³-hybridized carbons (Fsp3) is 0.800. The van der Waals surface area contributed by atoms with Gasteiger partial charge in [0, 0.05) is 6.04 Å². The Bertz CT molecular complexity index is 132. The summed E-state index contributed by atoms with van der Waals surface area (Å²) < 4.78 is 34.0. The average molecular weight is 170 g/mol. The minimum absolute atomic E-state index is 0.400. The van der Waals surface area contributed by atoms with Crippen LogP contribution in [0.2, 0.25) is 0 Å². The number of hydrogen-bond acceptors (Lipinski definition) is 3. The molecule has 0 aromatic rings. The van der Waals surface area contributed by atoms with Crippen LogP contribution >= 0.6 is 0 Å². The highest BCUT2D eigenvalue weighted by molar-refractivity contribution is 5.62. The second kappa shape index (κ2) is 4.17. The average Bonchev–Trinajstić information content (AvgIpc) is 1.78. The van der Waals surface area contributed by atoms with Crippen LogP contribution in [0.3, 0.4) is 0 Å². The molecule has 2 N–H and O–H groups in total. The van der Waals surface area contributed by atoms with Crippen LogP contribution in [0.15, 0.2) is 5.16 Å². The summed E-state index contributed by atoms with van der Waals surface area (Å²) in [5, 5.41) is 2.99. The van der Waals surface area contributed by atoms with Gasteiger partial charge in [-0.05, 0) is 6.92 Å². The highest BCUT2D eigenvalue weighted by Crippen LogP contribution is 2.14. The topological polar surface area (TPSA) is 47.6 Å². The summed E-state index contributed by atoms with van der Waals surface area (Å²) in [7, 11) is 0. The van der Waals surface area contributed by atoms with Crippen LogP contribution in [0.4, 0.5) is 13.2 Å². The lowest BCUT2D eigenvalue weighted by Gasteiger charge is -2.03. The third-order valence-corrected chi connectivity index (χ3v) is 0.599. The van der Waals surface area contributed by atoms with Crippen LogP contribution in [-0.2, 0) is 4.84 Å². The Morgan fingerprint density at radius 2 is 2.18 bits per heavy atom. The van der Waals surface area contributed by atoms with E-state index in [1.165, 1.54) is 0 Å². The van der Waals surface area contributed by atoms with E-state index in [1.54, 1.807) is 6.92 Å². The second-order valence-electron chi connectivity index (χ2n) is 2.00. The summed E-state index contributed by atoms with van der Waals surface area (Å²) in [6.07, 6.45) is -3.25. The molecule has 6 heteroatoms. The van der Waals surface area contributed by atoms with Crippen molar-refractivity contribution in [3.63, 3.8) is 0 Å². The Morgan fingerprint density at radius 3 is 2.55 bits per heavy atom. The molecule has 66 valence electrons. The Morgan fingerprint density at radius 1 is 1.64 bits per heavy atom. The van der Waals surface area contributed by atoms with Crippen molar-refractivity contribution in [2.45, 2.75) is 19.1 Å². The summed E-state index contributed by atoms with van der Waals surface area (Å²) in [5.41, 5.74) is 5.13. The van der Waals surface area contributed by atoms with E-state index in [2.05, 4.69) is 9.99 Å². The van der Waals surface area contributed by atoms with E-state index in [0.717, 1.165) is 6.21 Å². The molecule has 11 heavy (non-hydrogen) atoms. The molecule has 0 heterocycles. The molecule has 0 bridgehead atoms. The van der Waals surface area contributed by atoms with Crippen molar-refractivity contribution in [3.8, 4) is 0 Å². The number of hydrogen-bond donors (Lipinski definition) is 1. The molecule has 0 aromatic heterocycles. The summed E-state index contributed by atoms with van der Waals surface area (Å²) in [6, 6.07) is -0.400. The number of nitrogens with zero attached hydrogens (tertiary/aromatic N) is 1. The molecule has 1 unspecified atom stereocenters. The number of nitrogens with two attached hydrogens (primary N) is 1. The van der Waals surface area contributed by atoms with Crippen LogP contribution in [0, 0.1) is 0 Å². The minimum Gasteiger partial charge on any atom is -0.386 e. The molecular formula is C5H9F3N2O. The lowest BCUT2D eigenvalue weighted by Crippen LogP contribution is -2.18. The first-order valence-electron chi connectivity index (χ1n) is 2.89. The van der Waals surface area contributed by atoms with Gasteiger partial charge in [0.05, 0.1) is 6.21 Å². The monoisotopic (exact) mass is 170 g/mol. The van der Waals surface area contributed by atoms with Crippen LogP contribution < -0.4 is 5.73 Å². The first kappa shape index (κ1) is 10.2. The largest absolute Gasteiger partial charge is 0.425 e. The molecule has 0 saturated heterocycles. The van der Waals surface area contributed by atoms with Gasteiger partial charge in [-0.25, -0.2) is 0 Å². The fourth-order valence-electron chi connectivity index (χ4n) is 0.249. The lowest BCUT2D eigenvalue weighted by atomic mass is 10.4. The van der Waals surface area contributed by atoms with Gasteiger partial charge in [-0.15, -0.1) is 0 Å². The molecule has 0 aliphatic heterocycles. The summed E-state index contributed by atoms with van der Waals surface area (Å²) in [6.45, 7) is 0.191. The fourth-order valence-corrected chi connectivity index (χ4v) is 0.249. The Balaban J connectivity index is 3.42. The Kier molecular flexibility index (Phi) is 3.88. The predicted molar refractivity (Wildman–Crippen MR) is 34.1 cm³/mol. The number of alkyl halides is 3. The van der Waals surface area contributed by atoms with Gasteiger partial charge in [-0.3, -0.25) is 0 Å². The van der Waals surface area contributed by atoms with Crippen molar-refractivity contribution in [3.05, 3.63) is 0 Å². The quantitative estimate of drug-likeness (QED) is 0.505. The molecule has 3 nitrogen and oxygen atoms in total. The predicted octanol–water partition coefficient (Wildman–Crippen LogP) is 0.898. The number of rotatable bonds is 3. The SMILES string of the molecule is CC(N)/C=N/OCC(F)(F)F. The normalized spacial score (nSPS) is 15.4. The van der Waals surface area contributed by atoms with Gasteiger partial charge in [0.1, 0.15) is 0 Å². The standard InChI is InChI=1S/C5H9F3N2O/c1-4(9)2-10-11-3-5(6,7)8/h2,4H,3,9H2,1H3/b10-2+. The molecule has 0 aromatic carbocycles. The molecule has 0 radical (unpaired) electrons. The van der Waals surface area contributed by atoms with Crippen LogP contribution in [0.25, 0.3) is 0 Å². The Hall–Kier alpha value is -0.780. The zero-order chi connectivity index (χ0) is 8.91. The molecule has 0 aliphatic rings. The Labute approximate surface area is 62.0 Å². The molecule has 0 saturated carbocycles. The van der Waals surface area contributed by atoms with Crippen molar-refractivity contribution in [2.24, 2.45) is 10.9 Å². The second-order valence-corrected chi connectivity index (χ2v) is 2.00. The molecule has 0 aliphatic carbocycles. The van der Waals surface area contributed by atoms with Crippen LogP contribution in [0.5, 0.6) is 0 Å². The third kappa shape index (κ3) is 9.22. The van der Waals surface area contributed by atoms with Gasteiger partial charge < -0.3 is 10.6 Å². The maximum atomic E-state index is 11.3. The van der Waals surface area contributed by atoms with Crippen LogP contribution in [-0.4, -0.2) is 25.0 Å². The number of oxime groups is 1. The maximum absolute atomic E-state index is 11.3. The highest BCUT2D eigenvalue weighted by Gasteiger charge is 2.28.